The molecule has 0 aliphatic carbocycles. The molecule has 0 bridgehead atoms. The molecule has 0 aliphatic rings. The Morgan fingerprint density at radius 1 is 1.35 bits per heavy atom. The van der Waals surface area contributed by atoms with Crippen LogP contribution < -0.4 is 22.3 Å². The van der Waals surface area contributed by atoms with E-state index in [1.165, 1.54) is 17.7 Å². The molecule has 0 saturated heterocycles. The van der Waals surface area contributed by atoms with Crippen molar-refractivity contribution in [3.05, 3.63) is 32.6 Å². The number of rotatable bonds is 5. The third-order valence-corrected chi connectivity index (χ3v) is 2.48. The predicted octanol–water partition coefficient (Wildman–Crippen LogP) is -1.95. The molecule has 0 saturated carbocycles. The maximum absolute atomic E-state index is 11.6. The van der Waals surface area contributed by atoms with Crippen LogP contribution in [-0.4, -0.2) is 21.6 Å². The monoisotopic (exact) mass is 240 g/mol. The standard InChI is InChI=1S/C10H16N4O3/c1-13-7(6-12-4-3-8(11)15)5-9(16)14(2)10(13)17/h5,12H,3-4,6H2,1-2H3,(H2,11,15). The summed E-state index contributed by atoms with van der Waals surface area (Å²) in [7, 11) is 3.02. The van der Waals surface area contributed by atoms with Gasteiger partial charge in [0.15, 0.2) is 0 Å². The summed E-state index contributed by atoms with van der Waals surface area (Å²) < 4.78 is 2.42. The van der Waals surface area contributed by atoms with Gasteiger partial charge in [0.2, 0.25) is 5.91 Å². The van der Waals surface area contributed by atoms with Crippen molar-refractivity contribution in [3.63, 3.8) is 0 Å². The van der Waals surface area contributed by atoms with Crippen molar-refractivity contribution >= 4 is 5.91 Å². The van der Waals surface area contributed by atoms with Crippen LogP contribution in [0, 0.1) is 0 Å². The zero-order valence-corrected chi connectivity index (χ0v) is 9.90. The second kappa shape index (κ2) is 5.44. The zero-order valence-electron chi connectivity index (χ0n) is 9.90. The molecule has 0 radical (unpaired) electrons. The van der Waals surface area contributed by atoms with Crippen LogP contribution in [-0.2, 0) is 25.4 Å². The van der Waals surface area contributed by atoms with Crippen LogP contribution in [0.3, 0.4) is 0 Å². The minimum Gasteiger partial charge on any atom is -0.370 e. The Bertz CT molecular complexity index is 529. The molecule has 7 heteroatoms. The van der Waals surface area contributed by atoms with Crippen LogP contribution in [0.1, 0.15) is 12.1 Å². The fourth-order valence-electron chi connectivity index (χ4n) is 1.38. The Kier molecular flexibility index (Phi) is 4.22. The van der Waals surface area contributed by atoms with Gasteiger partial charge in [-0.05, 0) is 0 Å². The smallest absolute Gasteiger partial charge is 0.330 e. The van der Waals surface area contributed by atoms with Gasteiger partial charge in [-0.15, -0.1) is 0 Å². The van der Waals surface area contributed by atoms with E-state index in [0.29, 0.717) is 18.8 Å². The van der Waals surface area contributed by atoms with Gasteiger partial charge in [-0.1, -0.05) is 0 Å². The molecule has 1 heterocycles. The molecule has 1 rings (SSSR count). The van der Waals surface area contributed by atoms with E-state index in [1.54, 1.807) is 7.05 Å². The molecular weight excluding hydrogens is 224 g/mol. The van der Waals surface area contributed by atoms with Crippen molar-refractivity contribution < 1.29 is 4.79 Å². The second-order valence-electron chi connectivity index (χ2n) is 3.77. The molecule has 1 aromatic rings. The lowest BCUT2D eigenvalue weighted by molar-refractivity contribution is -0.117. The number of carbonyl (C=O) groups is 1. The molecule has 0 fully saturated rings. The summed E-state index contributed by atoms with van der Waals surface area (Å²) in [5.74, 6) is -0.393. The highest BCUT2D eigenvalue weighted by Gasteiger charge is 2.05. The van der Waals surface area contributed by atoms with Crippen LogP contribution in [0.25, 0.3) is 0 Å². The number of carbonyl (C=O) groups excluding carboxylic acids is 1. The summed E-state index contributed by atoms with van der Waals surface area (Å²) in [5, 5.41) is 2.94. The number of nitrogens with zero attached hydrogens (tertiary/aromatic N) is 2. The van der Waals surface area contributed by atoms with Gasteiger partial charge >= 0.3 is 5.69 Å². The third kappa shape index (κ3) is 3.28. The fraction of sp³-hybridized carbons (Fsp3) is 0.500. The quantitative estimate of drug-likeness (QED) is 0.584. The van der Waals surface area contributed by atoms with Crippen LogP contribution in [0.5, 0.6) is 0 Å². The molecule has 0 unspecified atom stereocenters. The van der Waals surface area contributed by atoms with Crippen LogP contribution in [0.15, 0.2) is 15.7 Å². The molecule has 0 aliphatic heterocycles. The van der Waals surface area contributed by atoms with E-state index in [9.17, 15) is 14.4 Å². The average Bonchev–Trinajstić information content (AvgIpc) is 2.27. The molecule has 3 N–H and O–H groups in total. The van der Waals surface area contributed by atoms with E-state index in [4.69, 9.17) is 5.73 Å². The molecule has 0 atom stereocenters. The van der Waals surface area contributed by atoms with Gasteiger partial charge in [0.1, 0.15) is 0 Å². The number of nitrogens with one attached hydrogen (secondary N) is 1. The Labute approximate surface area is 97.9 Å². The molecule has 1 amide bonds. The van der Waals surface area contributed by atoms with Crippen molar-refractivity contribution in [2.45, 2.75) is 13.0 Å². The maximum atomic E-state index is 11.6. The summed E-state index contributed by atoms with van der Waals surface area (Å²) in [6.07, 6.45) is 0.221. The first kappa shape index (κ1) is 13.2. The topological polar surface area (TPSA) is 99.1 Å². The lowest BCUT2D eigenvalue weighted by atomic mass is 10.3. The molecular formula is C10H16N4O3. The molecule has 0 spiro atoms. The SMILES string of the molecule is Cn1c(CNCCC(N)=O)cc(=O)n(C)c1=O. The molecule has 0 aromatic carbocycles. The van der Waals surface area contributed by atoms with Gasteiger partial charge in [-0.25, -0.2) is 4.79 Å². The number of hydrogen-bond acceptors (Lipinski definition) is 4. The summed E-state index contributed by atoms with van der Waals surface area (Å²) in [6, 6.07) is 1.39. The van der Waals surface area contributed by atoms with E-state index >= 15 is 0 Å². The first-order chi connectivity index (χ1) is 7.93. The van der Waals surface area contributed by atoms with Crippen molar-refractivity contribution in [3.8, 4) is 0 Å². The van der Waals surface area contributed by atoms with Crippen LogP contribution in [0.4, 0.5) is 0 Å². The Morgan fingerprint density at radius 2 is 2.00 bits per heavy atom. The largest absolute Gasteiger partial charge is 0.370 e. The molecule has 7 nitrogen and oxygen atoms in total. The molecule has 94 valence electrons. The zero-order chi connectivity index (χ0) is 13.0. The normalized spacial score (nSPS) is 10.5. The van der Waals surface area contributed by atoms with E-state index < -0.39 is 5.91 Å². The van der Waals surface area contributed by atoms with Crippen LogP contribution >= 0.6 is 0 Å². The fourth-order valence-corrected chi connectivity index (χ4v) is 1.38. The molecule has 1 aromatic heterocycles. The number of primary amides is 1. The lowest BCUT2D eigenvalue weighted by Gasteiger charge is -2.09. The van der Waals surface area contributed by atoms with Crippen molar-refractivity contribution in [2.75, 3.05) is 6.54 Å². The van der Waals surface area contributed by atoms with Gasteiger partial charge in [-0.3, -0.25) is 18.7 Å². The predicted molar refractivity (Wildman–Crippen MR) is 62.4 cm³/mol. The Balaban J connectivity index is 2.76. The first-order valence-corrected chi connectivity index (χ1v) is 5.18. The minimum atomic E-state index is -0.393. The Morgan fingerprint density at radius 3 is 2.59 bits per heavy atom. The molecule has 17 heavy (non-hydrogen) atoms. The highest BCUT2D eigenvalue weighted by molar-refractivity contribution is 5.73. The highest BCUT2D eigenvalue weighted by atomic mass is 16.2. The van der Waals surface area contributed by atoms with Gasteiger partial charge in [-0.2, -0.15) is 0 Å². The maximum Gasteiger partial charge on any atom is 0.330 e. The lowest BCUT2D eigenvalue weighted by Crippen LogP contribution is -2.39. The third-order valence-electron chi connectivity index (χ3n) is 2.48. The number of hydrogen-bond donors (Lipinski definition) is 2. The van der Waals surface area contributed by atoms with Gasteiger partial charge in [0.05, 0.1) is 0 Å². The first-order valence-electron chi connectivity index (χ1n) is 5.18. The van der Waals surface area contributed by atoms with E-state index in [-0.39, 0.29) is 17.7 Å². The van der Waals surface area contributed by atoms with Crippen molar-refractivity contribution in [1.29, 1.82) is 0 Å². The van der Waals surface area contributed by atoms with Gasteiger partial charge in [0, 0.05) is 45.4 Å². The minimum absolute atomic E-state index is 0.221. The average molecular weight is 240 g/mol. The summed E-state index contributed by atoms with van der Waals surface area (Å²) in [4.78, 5) is 33.5. The van der Waals surface area contributed by atoms with Gasteiger partial charge < -0.3 is 11.1 Å². The summed E-state index contributed by atoms with van der Waals surface area (Å²) in [6.45, 7) is 0.758. The Hall–Kier alpha value is -1.89. The van der Waals surface area contributed by atoms with E-state index in [0.717, 1.165) is 4.57 Å². The highest BCUT2D eigenvalue weighted by Crippen LogP contribution is 1.89. The van der Waals surface area contributed by atoms with E-state index in [2.05, 4.69) is 5.32 Å². The van der Waals surface area contributed by atoms with Crippen molar-refractivity contribution in [2.24, 2.45) is 19.8 Å². The summed E-state index contributed by atoms with van der Waals surface area (Å²) >= 11 is 0. The number of aromatic nitrogens is 2. The van der Waals surface area contributed by atoms with Crippen LogP contribution in [0.2, 0.25) is 0 Å². The second-order valence-corrected chi connectivity index (χ2v) is 3.77. The number of amides is 1. The van der Waals surface area contributed by atoms with E-state index in [1.807, 2.05) is 0 Å². The number of nitrogens with two attached hydrogens (primary N) is 1. The summed E-state index contributed by atoms with van der Waals surface area (Å²) in [5.41, 5.74) is 4.84. The van der Waals surface area contributed by atoms with Gasteiger partial charge in [0.25, 0.3) is 5.56 Å². The van der Waals surface area contributed by atoms with Crippen molar-refractivity contribution in [1.82, 2.24) is 14.5 Å².